The number of amides is 3. The molecule has 0 fully saturated rings. The molecule has 2 rings (SSSR count). The van der Waals surface area contributed by atoms with E-state index in [2.05, 4.69) is 10.6 Å². The first-order chi connectivity index (χ1) is 12.4. The molecule has 1 aliphatic carbocycles. The predicted molar refractivity (Wildman–Crippen MR) is 102 cm³/mol. The molecule has 0 bridgehead atoms. The fourth-order valence-electron chi connectivity index (χ4n) is 2.86. The number of primary amides is 1. The fourth-order valence-corrected chi connectivity index (χ4v) is 3.33. The number of hydrogen-bond acceptors (Lipinski definition) is 5. The number of aryl methyl sites for hydroxylation is 2. The van der Waals surface area contributed by atoms with Crippen molar-refractivity contribution in [2.75, 3.05) is 17.3 Å². The minimum atomic E-state index is -0.984. The number of esters is 1. The summed E-state index contributed by atoms with van der Waals surface area (Å²) in [5.74, 6) is -0.441. The second kappa shape index (κ2) is 9.47. The number of nitrogens with one attached hydrogen (secondary N) is 2. The van der Waals surface area contributed by atoms with Gasteiger partial charge in [-0.15, -0.1) is 0 Å². The van der Waals surface area contributed by atoms with Crippen molar-refractivity contribution in [2.24, 2.45) is 5.73 Å². The van der Waals surface area contributed by atoms with Crippen LogP contribution in [0.4, 0.5) is 10.5 Å². The van der Waals surface area contributed by atoms with E-state index >= 15 is 0 Å². The van der Waals surface area contributed by atoms with Gasteiger partial charge in [-0.05, 0) is 67.9 Å². The van der Waals surface area contributed by atoms with E-state index in [-0.39, 0.29) is 0 Å². The summed E-state index contributed by atoms with van der Waals surface area (Å²) < 4.78 is 5.21. The van der Waals surface area contributed by atoms with Gasteiger partial charge in [0.25, 0.3) is 5.91 Å². The zero-order valence-electron chi connectivity index (χ0n) is 15.0. The monoisotopic (exact) mass is 379 g/mol. The molecule has 2 atom stereocenters. The van der Waals surface area contributed by atoms with Crippen LogP contribution in [0.15, 0.2) is 18.2 Å². The summed E-state index contributed by atoms with van der Waals surface area (Å²) in [6, 6.07) is 4.17. The molecule has 1 aromatic rings. The molecule has 0 aromatic heterocycles. The summed E-state index contributed by atoms with van der Waals surface area (Å²) in [7, 11) is 0. The zero-order valence-corrected chi connectivity index (χ0v) is 15.9. The van der Waals surface area contributed by atoms with E-state index in [1.54, 1.807) is 0 Å². The van der Waals surface area contributed by atoms with Crippen LogP contribution in [0.3, 0.4) is 0 Å². The molecule has 4 N–H and O–H groups in total. The maximum Gasteiger partial charge on any atom is 0.329 e. The van der Waals surface area contributed by atoms with Gasteiger partial charge >= 0.3 is 12.0 Å². The van der Waals surface area contributed by atoms with E-state index in [0.29, 0.717) is 17.9 Å². The Morgan fingerprint density at radius 1 is 1.27 bits per heavy atom. The summed E-state index contributed by atoms with van der Waals surface area (Å²) in [6.07, 6.45) is 4.50. The summed E-state index contributed by atoms with van der Waals surface area (Å²) >= 11 is 1.53. The summed E-state index contributed by atoms with van der Waals surface area (Å²) in [5.41, 5.74) is 8.35. The average Bonchev–Trinajstić information content (AvgIpc) is 3.05. The Kier molecular flexibility index (Phi) is 7.32. The quantitative estimate of drug-likeness (QED) is 0.597. The second-order valence-electron chi connectivity index (χ2n) is 6.25. The number of fused-ring (bicyclic) bond motifs is 1. The number of ether oxygens (including phenoxy) is 1. The van der Waals surface area contributed by atoms with Crippen molar-refractivity contribution in [1.29, 1.82) is 0 Å². The lowest BCUT2D eigenvalue weighted by atomic mass is 10.1. The first-order valence-electron chi connectivity index (χ1n) is 8.58. The smallest absolute Gasteiger partial charge is 0.329 e. The van der Waals surface area contributed by atoms with Crippen LogP contribution in [-0.2, 0) is 27.2 Å². The van der Waals surface area contributed by atoms with Crippen molar-refractivity contribution in [1.82, 2.24) is 5.32 Å². The number of anilines is 1. The summed E-state index contributed by atoms with van der Waals surface area (Å²) in [5, 5.41) is 5.12. The molecule has 1 aliphatic rings. The van der Waals surface area contributed by atoms with Crippen molar-refractivity contribution >= 4 is 35.4 Å². The van der Waals surface area contributed by atoms with Crippen LogP contribution >= 0.6 is 11.8 Å². The standard InChI is InChI=1S/C18H25N3O4S/c1-11(25-17(23)15(8-9-26-2)21-18(19)24)16(22)20-14-7-6-12-4-3-5-13(12)10-14/h6-7,10-11,15H,3-5,8-9H2,1-2H3,(H,20,22)(H3,19,21,24)/t11-,15+/m0/s1. The molecule has 7 nitrogen and oxygen atoms in total. The number of carbonyl (C=O) groups is 3. The van der Waals surface area contributed by atoms with Crippen LogP contribution in [0, 0.1) is 0 Å². The number of thioether (sulfide) groups is 1. The minimum absolute atomic E-state index is 0.377. The number of hydrogen-bond donors (Lipinski definition) is 3. The van der Waals surface area contributed by atoms with E-state index in [9.17, 15) is 14.4 Å². The Morgan fingerprint density at radius 3 is 2.69 bits per heavy atom. The van der Waals surface area contributed by atoms with Crippen LogP contribution in [0.5, 0.6) is 0 Å². The lowest BCUT2D eigenvalue weighted by Crippen LogP contribution is -2.46. The van der Waals surface area contributed by atoms with E-state index < -0.39 is 30.1 Å². The highest BCUT2D eigenvalue weighted by Gasteiger charge is 2.26. The molecular formula is C18H25N3O4S. The van der Waals surface area contributed by atoms with Crippen LogP contribution < -0.4 is 16.4 Å². The Bertz CT molecular complexity index is 680. The van der Waals surface area contributed by atoms with Gasteiger partial charge in [-0.3, -0.25) is 4.79 Å². The third-order valence-electron chi connectivity index (χ3n) is 4.24. The molecular weight excluding hydrogens is 354 g/mol. The number of rotatable bonds is 8. The number of nitrogens with two attached hydrogens (primary N) is 1. The molecule has 0 unspecified atom stereocenters. The molecule has 3 amide bonds. The molecule has 1 aromatic carbocycles. The van der Waals surface area contributed by atoms with E-state index in [4.69, 9.17) is 10.5 Å². The SMILES string of the molecule is CSCC[C@@H](NC(N)=O)C(=O)O[C@@H](C)C(=O)Nc1ccc2c(c1)CCC2. The lowest BCUT2D eigenvalue weighted by molar-refractivity contribution is -0.155. The van der Waals surface area contributed by atoms with E-state index in [1.807, 2.05) is 24.5 Å². The normalized spacial score (nSPS) is 14.8. The highest BCUT2D eigenvalue weighted by atomic mass is 32.2. The Morgan fingerprint density at radius 2 is 2.00 bits per heavy atom. The third-order valence-corrected chi connectivity index (χ3v) is 4.88. The van der Waals surface area contributed by atoms with Crippen LogP contribution in [0.2, 0.25) is 0 Å². The van der Waals surface area contributed by atoms with Crippen LogP contribution in [0.25, 0.3) is 0 Å². The third kappa shape index (κ3) is 5.66. The Hall–Kier alpha value is -2.22. The molecule has 142 valence electrons. The molecule has 0 heterocycles. The minimum Gasteiger partial charge on any atom is -0.451 e. The van der Waals surface area contributed by atoms with Crippen molar-refractivity contribution < 1.29 is 19.1 Å². The maximum absolute atomic E-state index is 12.3. The average molecular weight is 379 g/mol. The van der Waals surface area contributed by atoms with E-state index in [1.165, 1.54) is 29.8 Å². The predicted octanol–water partition coefficient (Wildman–Crippen LogP) is 1.84. The first-order valence-corrected chi connectivity index (χ1v) is 9.98. The Balaban J connectivity index is 1.92. The van der Waals surface area contributed by atoms with Crippen LogP contribution in [0.1, 0.15) is 30.9 Å². The molecule has 8 heteroatoms. The second-order valence-corrected chi connectivity index (χ2v) is 7.23. The number of carbonyl (C=O) groups excluding carboxylic acids is 3. The van der Waals surface area contributed by atoms with Gasteiger partial charge in [0.05, 0.1) is 0 Å². The highest BCUT2D eigenvalue weighted by molar-refractivity contribution is 7.98. The zero-order chi connectivity index (χ0) is 19.1. The van der Waals surface area contributed by atoms with Crippen molar-refractivity contribution in [3.8, 4) is 0 Å². The van der Waals surface area contributed by atoms with Crippen molar-refractivity contribution in [3.63, 3.8) is 0 Å². The van der Waals surface area contributed by atoms with Gasteiger partial charge in [-0.1, -0.05) is 6.07 Å². The highest BCUT2D eigenvalue weighted by Crippen LogP contribution is 2.25. The van der Waals surface area contributed by atoms with Gasteiger partial charge in [0.2, 0.25) is 0 Å². The largest absolute Gasteiger partial charge is 0.451 e. The Labute approximate surface area is 157 Å². The van der Waals surface area contributed by atoms with Gasteiger partial charge in [-0.2, -0.15) is 11.8 Å². The lowest BCUT2D eigenvalue weighted by Gasteiger charge is -2.19. The summed E-state index contributed by atoms with van der Waals surface area (Å²) in [6.45, 7) is 1.50. The van der Waals surface area contributed by atoms with Gasteiger partial charge in [0, 0.05) is 5.69 Å². The first kappa shape index (κ1) is 20.1. The molecule has 0 aliphatic heterocycles. The maximum atomic E-state index is 12.3. The van der Waals surface area contributed by atoms with Crippen molar-refractivity contribution in [3.05, 3.63) is 29.3 Å². The van der Waals surface area contributed by atoms with Gasteiger partial charge in [-0.25, -0.2) is 9.59 Å². The van der Waals surface area contributed by atoms with Gasteiger partial charge in [0.1, 0.15) is 6.04 Å². The molecule has 0 saturated heterocycles. The number of urea groups is 1. The topological polar surface area (TPSA) is 111 Å². The summed E-state index contributed by atoms with van der Waals surface area (Å²) in [4.78, 5) is 35.6. The van der Waals surface area contributed by atoms with E-state index in [0.717, 1.165) is 19.3 Å². The molecule has 0 saturated carbocycles. The van der Waals surface area contributed by atoms with Crippen molar-refractivity contribution in [2.45, 2.75) is 44.8 Å². The number of benzene rings is 1. The molecule has 0 spiro atoms. The van der Waals surface area contributed by atoms with Gasteiger partial charge in [0.15, 0.2) is 6.10 Å². The molecule has 26 heavy (non-hydrogen) atoms. The fraction of sp³-hybridized carbons (Fsp3) is 0.500. The molecule has 0 radical (unpaired) electrons. The van der Waals surface area contributed by atoms with Gasteiger partial charge < -0.3 is 21.1 Å². The van der Waals surface area contributed by atoms with Crippen LogP contribution in [-0.4, -0.2) is 42.1 Å².